The second-order valence-electron chi connectivity index (χ2n) is 3.98. The summed E-state index contributed by atoms with van der Waals surface area (Å²) in [6.07, 6.45) is 0.570. The second-order valence-corrected chi connectivity index (χ2v) is 4.92. The Hall–Kier alpha value is -0.550. The number of rotatable bonds is 0. The van der Waals surface area contributed by atoms with E-state index in [1.54, 1.807) is 0 Å². The van der Waals surface area contributed by atoms with Crippen LogP contribution in [0.5, 0.6) is 0 Å². The monoisotopic (exact) mass is 214 g/mol. The van der Waals surface area contributed by atoms with Gasteiger partial charge in [0.15, 0.2) is 5.17 Å². The molecule has 1 amide bonds. The fraction of sp³-hybridized carbons (Fsp3) is 0.778. The maximum atomic E-state index is 11.0. The summed E-state index contributed by atoms with van der Waals surface area (Å²) >= 11 is 1.48. The quantitative estimate of drug-likeness (QED) is 0.631. The molecule has 5 heteroatoms. The van der Waals surface area contributed by atoms with Crippen molar-refractivity contribution >= 4 is 22.8 Å². The highest BCUT2D eigenvalue weighted by molar-refractivity contribution is 8.14. The van der Waals surface area contributed by atoms with Gasteiger partial charge in [-0.05, 0) is 12.3 Å². The number of hydrogen-bond acceptors (Lipinski definition) is 4. The minimum absolute atomic E-state index is 0.0577. The fourth-order valence-corrected chi connectivity index (χ4v) is 2.75. The number of amidine groups is 1. The number of carbonyl (C=O) groups excluding carboxylic acids is 1. The zero-order valence-electron chi connectivity index (χ0n) is 8.14. The molecule has 0 spiro atoms. The summed E-state index contributed by atoms with van der Waals surface area (Å²) in [5, 5.41) is 10.4. The highest BCUT2D eigenvalue weighted by Crippen LogP contribution is 2.23. The molecule has 0 aromatic carbocycles. The lowest BCUT2D eigenvalue weighted by Gasteiger charge is -2.34. The molecule has 14 heavy (non-hydrogen) atoms. The van der Waals surface area contributed by atoms with Crippen LogP contribution in [0.25, 0.3) is 0 Å². The number of β-amino-alcohol motifs (C(OH)–C–C–N with tert-alkyl or cyclic N) is 1. The van der Waals surface area contributed by atoms with Crippen molar-refractivity contribution in [2.24, 2.45) is 10.9 Å². The fourth-order valence-electron chi connectivity index (χ4n) is 1.93. The maximum Gasteiger partial charge on any atom is 0.258 e. The molecule has 0 aliphatic carbocycles. The van der Waals surface area contributed by atoms with E-state index in [2.05, 4.69) is 11.9 Å². The van der Waals surface area contributed by atoms with Gasteiger partial charge in [0, 0.05) is 13.1 Å². The Morgan fingerprint density at radius 3 is 2.93 bits per heavy atom. The summed E-state index contributed by atoms with van der Waals surface area (Å²) in [7, 11) is 0. The van der Waals surface area contributed by atoms with E-state index in [9.17, 15) is 9.90 Å². The van der Waals surface area contributed by atoms with Crippen molar-refractivity contribution in [1.82, 2.24) is 4.90 Å². The van der Waals surface area contributed by atoms with Crippen molar-refractivity contribution in [3.8, 4) is 0 Å². The number of nitrogens with zero attached hydrogens (tertiary/aromatic N) is 2. The molecule has 0 radical (unpaired) electrons. The van der Waals surface area contributed by atoms with Crippen LogP contribution in [0.4, 0.5) is 0 Å². The van der Waals surface area contributed by atoms with Gasteiger partial charge in [0.1, 0.15) is 0 Å². The van der Waals surface area contributed by atoms with E-state index in [1.165, 1.54) is 11.8 Å². The Balaban J connectivity index is 2.03. The van der Waals surface area contributed by atoms with E-state index < -0.39 is 0 Å². The van der Waals surface area contributed by atoms with Gasteiger partial charge in [0.2, 0.25) is 0 Å². The third-order valence-electron chi connectivity index (χ3n) is 2.45. The predicted molar refractivity (Wildman–Crippen MR) is 56.3 cm³/mol. The molecule has 0 aromatic heterocycles. The largest absolute Gasteiger partial charge is 0.391 e. The molecule has 2 aliphatic heterocycles. The van der Waals surface area contributed by atoms with Crippen molar-refractivity contribution in [2.75, 3.05) is 18.8 Å². The van der Waals surface area contributed by atoms with Crippen molar-refractivity contribution in [3.05, 3.63) is 0 Å². The molecule has 1 fully saturated rings. The number of aliphatic hydroxyl groups excluding tert-OH is 1. The molecular weight excluding hydrogens is 200 g/mol. The number of aliphatic hydroxyl groups is 1. The van der Waals surface area contributed by atoms with Crippen molar-refractivity contribution in [2.45, 2.75) is 19.4 Å². The smallest absolute Gasteiger partial charge is 0.258 e. The van der Waals surface area contributed by atoms with E-state index >= 15 is 0 Å². The average molecular weight is 214 g/mol. The molecule has 2 unspecified atom stereocenters. The van der Waals surface area contributed by atoms with E-state index in [1.807, 2.05) is 4.90 Å². The van der Waals surface area contributed by atoms with Gasteiger partial charge in [-0.1, -0.05) is 18.7 Å². The van der Waals surface area contributed by atoms with Crippen molar-refractivity contribution in [1.29, 1.82) is 0 Å². The number of thioether (sulfide) groups is 1. The molecule has 2 rings (SSSR count). The van der Waals surface area contributed by atoms with E-state index in [0.717, 1.165) is 18.1 Å². The van der Waals surface area contributed by atoms with Gasteiger partial charge in [-0.2, -0.15) is 4.99 Å². The Labute approximate surface area is 87.4 Å². The number of hydrogen-bond donors (Lipinski definition) is 1. The first-order chi connectivity index (χ1) is 6.65. The van der Waals surface area contributed by atoms with Crippen LogP contribution in [-0.2, 0) is 4.79 Å². The topological polar surface area (TPSA) is 52.9 Å². The van der Waals surface area contributed by atoms with Crippen LogP contribution in [0.1, 0.15) is 13.3 Å². The number of amides is 1. The molecule has 78 valence electrons. The first-order valence-corrected chi connectivity index (χ1v) is 5.81. The van der Waals surface area contributed by atoms with E-state index in [-0.39, 0.29) is 12.0 Å². The molecule has 4 nitrogen and oxygen atoms in total. The first-order valence-electron chi connectivity index (χ1n) is 4.82. The molecule has 2 heterocycles. The van der Waals surface area contributed by atoms with Gasteiger partial charge < -0.3 is 10.0 Å². The number of piperidine rings is 1. The standard InChI is InChI=1S/C9H14N2O2S/c1-6-2-7(12)4-11(3-6)9-10-8(13)5-14-9/h6-7,12H,2-5H2,1H3. The highest BCUT2D eigenvalue weighted by atomic mass is 32.2. The summed E-state index contributed by atoms with van der Waals surface area (Å²) in [5.74, 6) is 0.867. The Kier molecular flexibility index (Phi) is 2.78. The van der Waals surface area contributed by atoms with Crippen molar-refractivity contribution < 1.29 is 9.90 Å². The van der Waals surface area contributed by atoms with Crippen LogP contribution in [0.3, 0.4) is 0 Å². The molecule has 0 aromatic rings. The Morgan fingerprint density at radius 1 is 1.57 bits per heavy atom. The zero-order chi connectivity index (χ0) is 10.1. The van der Waals surface area contributed by atoms with Crippen LogP contribution in [0.2, 0.25) is 0 Å². The van der Waals surface area contributed by atoms with Gasteiger partial charge in [-0.15, -0.1) is 0 Å². The first kappa shape index (κ1) is 9.98. The molecule has 2 atom stereocenters. The normalized spacial score (nSPS) is 33.4. The minimum atomic E-state index is -0.280. The van der Waals surface area contributed by atoms with Crippen LogP contribution < -0.4 is 0 Å². The number of carbonyl (C=O) groups is 1. The molecular formula is C9H14N2O2S. The van der Waals surface area contributed by atoms with Crippen LogP contribution >= 0.6 is 11.8 Å². The number of aliphatic imine (C=N–C) groups is 1. The van der Waals surface area contributed by atoms with Gasteiger partial charge >= 0.3 is 0 Å². The summed E-state index contributed by atoms with van der Waals surface area (Å²) in [6.45, 7) is 3.62. The van der Waals surface area contributed by atoms with Crippen LogP contribution in [-0.4, -0.2) is 46.0 Å². The van der Waals surface area contributed by atoms with E-state index in [4.69, 9.17) is 0 Å². The SMILES string of the molecule is CC1CC(O)CN(C2=NC(=O)CS2)C1. The molecule has 0 saturated carbocycles. The summed E-state index contributed by atoms with van der Waals surface area (Å²) in [4.78, 5) is 16.9. The predicted octanol–water partition coefficient (Wildman–Crippen LogP) is 0.319. The van der Waals surface area contributed by atoms with Crippen molar-refractivity contribution in [3.63, 3.8) is 0 Å². The second kappa shape index (κ2) is 3.90. The summed E-state index contributed by atoms with van der Waals surface area (Å²) in [5.41, 5.74) is 0. The van der Waals surface area contributed by atoms with Gasteiger partial charge in [0.05, 0.1) is 11.9 Å². The third kappa shape index (κ3) is 2.09. The maximum absolute atomic E-state index is 11.0. The van der Waals surface area contributed by atoms with Crippen LogP contribution in [0.15, 0.2) is 4.99 Å². The molecule has 1 N–H and O–H groups in total. The van der Waals surface area contributed by atoms with Gasteiger partial charge in [0.25, 0.3) is 5.91 Å². The lowest BCUT2D eigenvalue weighted by molar-refractivity contribution is -0.115. The Bertz CT molecular complexity index is 270. The number of likely N-dealkylation sites (tertiary alicyclic amines) is 1. The Morgan fingerprint density at radius 2 is 2.36 bits per heavy atom. The summed E-state index contributed by atoms with van der Waals surface area (Å²) < 4.78 is 0. The summed E-state index contributed by atoms with van der Waals surface area (Å²) in [6, 6.07) is 0. The minimum Gasteiger partial charge on any atom is -0.391 e. The van der Waals surface area contributed by atoms with Crippen LogP contribution in [0, 0.1) is 5.92 Å². The van der Waals surface area contributed by atoms with Gasteiger partial charge in [-0.3, -0.25) is 4.79 Å². The molecule has 2 aliphatic rings. The third-order valence-corrected chi connectivity index (χ3v) is 3.45. The van der Waals surface area contributed by atoms with Gasteiger partial charge in [-0.25, -0.2) is 0 Å². The highest BCUT2D eigenvalue weighted by Gasteiger charge is 2.28. The zero-order valence-corrected chi connectivity index (χ0v) is 8.96. The van der Waals surface area contributed by atoms with E-state index in [0.29, 0.717) is 18.2 Å². The molecule has 1 saturated heterocycles. The lowest BCUT2D eigenvalue weighted by Crippen LogP contribution is -2.44. The molecule has 0 bridgehead atoms. The lowest BCUT2D eigenvalue weighted by atomic mass is 9.99. The average Bonchev–Trinajstić information content (AvgIpc) is 2.50.